The molecule has 0 saturated heterocycles. The van der Waals surface area contributed by atoms with Crippen molar-refractivity contribution in [3.05, 3.63) is 66.0 Å². The SMILES string of the molecule is CCOC(=O)Nc1cccnc1C=CC(=O)c1ccccc1. The Morgan fingerprint density at radius 2 is 1.95 bits per heavy atom. The Balaban J connectivity index is 2.14. The zero-order valence-corrected chi connectivity index (χ0v) is 12.2. The van der Waals surface area contributed by atoms with Gasteiger partial charge in [-0.25, -0.2) is 4.79 Å². The van der Waals surface area contributed by atoms with Crippen LogP contribution in [0, 0.1) is 0 Å². The number of ether oxygens (including phenoxy) is 1. The van der Waals surface area contributed by atoms with Gasteiger partial charge in [-0.1, -0.05) is 30.3 Å². The summed E-state index contributed by atoms with van der Waals surface area (Å²) in [6.45, 7) is 2.01. The molecule has 0 unspecified atom stereocenters. The number of allylic oxidation sites excluding steroid dienone is 1. The van der Waals surface area contributed by atoms with Crippen LogP contribution in [0.2, 0.25) is 0 Å². The molecule has 5 heteroatoms. The van der Waals surface area contributed by atoms with E-state index in [2.05, 4.69) is 10.3 Å². The third kappa shape index (κ3) is 4.28. The van der Waals surface area contributed by atoms with E-state index in [1.165, 1.54) is 6.08 Å². The summed E-state index contributed by atoms with van der Waals surface area (Å²) in [4.78, 5) is 27.6. The molecule has 0 aliphatic rings. The number of nitrogens with one attached hydrogen (secondary N) is 1. The van der Waals surface area contributed by atoms with Crippen LogP contribution in [-0.2, 0) is 4.74 Å². The molecule has 0 aliphatic heterocycles. The van der Waals surface area contributed by atoms with Crippen molar-refractivity contribution < 1.29 is 14.3 Å². The van der Waals surface area contributed by atoms with E-state index in [0.717, 1.165) is 0 Å². The normalized spacial score (nSPS) is 10.4. The second-order valence-corrected chi connectivity index (χ2v) is 4.35. The molecular weight excluding hydrogens is 280 g/mol. The van der Waals surface area contributed by atoms with Crippen molar-refractivity contribution in [2.75, 3.05) is 11.9 Å². The van der Waals surface area contributed by atoms with E-state index in [-0.39, 0.29) is 12.4 Å². The van der Waals surface area contributed by atoms with E-state index in [4.69, 9.17) is 4.74 Å². The molecule has 0 bridgehead atoms. The van der Waals surface area contributed by atoms with Crippen LogP contribution in [0.5, 0.6) is 0 Å². The summed E-state index contributed by atoms with van der Waals surface area (Å²) in [7, 11) is 0. The molecule has 0 aliphatic carbocycles. The molecule has 0 radical (unpaired) electrons. The minimum atomic E-state index is -0.556. The summed E-state index contributed by atoms with van der Waals surface area (Å²) in [6.07, 6.45) is 4.02. The number of rotatable bonds is 5. The first kappa shape index (κ1) is 15.4. The minimum absolute atomic E-state index is 0.131. The van der Waals surface area contributed by atoms with Gasteiger partial charge in [0.15, 0.2) is 5.78 Å². The molecule has 1 amide bonds. The third-order valence-corrected chi connectivity index (χ3v) is 2.80. The third-order valence-electron chi connectivity index (χ3n) is 2.80. The molecule has 0 atom stereocenters. The fourth-order valence-corrected chi connectivity index (χ4v) is 1.79. The zero-order valence-electron chi connectivity index (χ0n) is 12.2. The molecule has 2 aromatic rings. The second-order valence-electron chi connectivity index (χ2n) is 4.35. The number of carbonyl (C=O) groups excluding carboxylic acids is 2. The van der Waals surface area contributed by atoms with Crippen LogP contribution in [0.3, 0.4) is 0 Å². The van der Waals surface area contributed by atoms with Crippen molar-refractivity contribution >= 4 is 23.6 Å². The second kappa shape index (κ2) is 7.73. The molecule has 0 spiro atoms. The van der Waals surface area contributed by atoms with Gasteiger partial charge in [-0.2, -0.15) is 0 Å². The summed E-state index contributed by atoms with van der Waals surface area (Å²) in [5, 5.41) is 2.59. The topological polar surface area (TPSA) is 68.3 Å². The van der Waals surface area contributed by atoms with Gasteiger partial charge >= 0.3 is 6.09 Å². The number of hydrogen-bond donors (Lipinski definition) is 1. The van der Waals surface area contributed by atoms with E-state index in [9.17, 15) is 9.59 Å². The number of anilines is 1. The Morgan fingerprint density at radius 1 is 1.18 bits per heavy atom. The fraction of sp³-hybridized carbons (Fsp3) is 0.118. The van der Waals surface area contributed by atoms with E-state index >= 15 is 0 Å². The molecule has 1 heterocycles. The molecule has 112 valence electrons. The molecular formula is C17H16N2O3. The quantitative estimate of drug-likeness (QED) is 0.676. The Labute approximate surface area is 128 Å². The molecule has 0 fully saturated rings. The monoisotopic (exact) mass is 296 g/mol. The number of amides is 1. The molecule has 1 aromatic carbocycles. The Hall–Kier alpha value is -2.95. The van der Waals surface area contributed by atoms with Gasteiger partial charge in [-0.05, 0) is 31.2 Å². The molecule has 1 aromatic heterocycles. The maximum Gasteiger partial charge on any atom is 0.411 e. The first-order valence-corrected chi connectivity index (χ1v) is 6.87. The first-order chi connectivity index (χ1) is 10.7. The standard InChI is InChI=1S/C17H16N2O3/c1-2-22-17(21)19-15-9-6-12-18-14(15)10-11-16(20)13-7-4-3-5-8-13/h3-12H,2H2,1H3,(H,19,21). The van der Waals surface area contributed by atoms with Crippen molar-refractivity contribution in [1.29, 1.82) is 0 Å². The lowest BCUT2D eigenvalue weighted by Gasteiger charge is -2.07. The lowest BCUT2D eigenvalue weighted by Crippen LogP contribution is -2.14. The average Bonchev–Trinajstić information content (AvgIpc) is 2.55. The smallest absolute Gasteiger partial charge is 0.411 e. The Bertz CT molecular complexity index is 681. The summed E-state index contributed by atoms with van der Waals surface area (Å²) >= 11 is 0. The van der Waals surface area contributed by atoms with Gasteiger partial charge in [0.25, 0.3) is 0 Å². The van der Waals surface area contributed by atoms with Crippen LogP contribution in [0.1, 0.15) is 23.0 Å². The summed E-state index contributed by atoms with van der Waals surface area (Å²) in [5.41, 5.74) is 1.56. The van der Waals surface area contributed by atoms with Crippen molar-refractivity contribution in [1.82, 2.24) is 4.98 Å². The van der Waals surface area contributed by atoms with Crippen LogP contribution in [0.15, 0.2) is 54.7 Å². The highest BCUT2D eigenvalue weighted by Gasteiger charge is 2.07. The highest BCUT2D eigenvalue weighted by atomic mass is 16.5. The van der Waals surface area contributed by atoms with Gasteiger partial charge in [0.2, 0.25) is 0 Å². The highest BCUT2D eigenvalue weighted by Crippen LogP contribution is 2.15. The van der Waals surface area contributed by atoms with Gasteiger partial charge in [-0.15, -0.1) is 0 Å². The summed E-state index contributed by atoms with van der Waals surface area (Å²) in [6, 6.07) is 12.3. The summed E-state index contributed by atoms with van der Waals surface area (Å²) in [5.74, 6) is -0.131. The number of ketones is 1. The van der Waals surface area contributed by atoms with Crippen molar-refractivity contribution in [3.63, 3.8) is 0 Å². The predicted octanol–water partition coefficient (Wildman–Crippen LogP) is 3.55. The first-order valence-electron chi connectivity index (χ1n) is 6.87. The lowest BCUT2D eigenvalue weighted by molar-refractivity contribution is 0.104. The average molecular weight is 296 g/mol. The van der Waals surface area contributed by atoms with Crippen molar-refractivity contribution in [2.24, 2.45) is 0 Å². The molecule has 2 rings (SSSR count). The van der Waals surface area contributed by atoms with E-state index in [1.54, 1.807) is 55.6 Å². The minimum Gasteiger partial charge on any atom is -0.450 e. The van der Waals surface area contributed by atoms with Crippen molar-refractivity contribution in [2.45, 2.75) is 6.92 Å². The van der Waals surface area contributed by atoms with Crippen LogP contribution < -0.4 is 5.32 Å². The number of benzene rings is 1. The van der Waals surface area contributed by atoms with E-state index in [0.29, 0.717) is 16.9 Å². The molecule has 1 N–H and O–H groups in total. The number of pyridine rings is 1. The van der Waals surface area contributed by atoms with Crippen LogP contribution in [0.25, 0.3) is 6.08 Å². The van der Waals surface area contributed by atoms with Crippen molar-refractivity contribution in [3.8, 4) is 0 Å². The molecule has 22 heavy (non-hydrogen) atoms. The fourth-order valence-electron chi connectivity index (χ4n) is 1.79. The highest BCUT2D eigenvalue weighted by molar-refractivity contribution is 6.07. The zero-order chi connectivity index (χ0) is 15.8. The largest absolute Gasteiger partial charge is 0.450 e. The van der Waals surface area contributed by atoms with Gasteiger partial charge < -0.3 is 4.74 Å². The van der Waals surface area contributed by atoms with Crippen LogP contribution >= 0.6 is 0 Å². The lowest BCUT2D eigenvalue weighted by atomic mass is 10.1. The van der Waals surface area contributed by atoms with E-state index < -0.39 is 6.09 Å². The van der Waals surface area contributed by atoms with Gasteiger partial charge in [0.1, 0.15) is 0 Å². The maximum absolute atomic E-state index is 12.0. The number of carbonyl (C=O) groups is 2. The Kier molecular flexibility index (Phi) is 5.43. The van der Waals surface area contributed by atoms with Gasteiger partial charge in [0.05, 0.1) is 18.0 Å². The maximum atomic E-state index is 12.0. The molecule has 0 saturated carbocycles. The number of hydrogen-bond acceptors (Lipinski definition) is 4. The van der Waals surface area contributed by atoms with Crippen LogP contribution in [-0.4, -0.2) is 23.5 Å². The van der Waals surface area contributed by atoms with Crippen LogP contribution in [0.4, 0.5) is 10.5 Å². The Morgan fingerprint density at radius 3 is 2.68 bits per heavy atom. The van der Waals surface area contributed by atoms with Gasteiger partial charge in [-0.3, -0.25) is 15.1 Å². The predicted molar refractivity (Wildman–Crippen MR) is 84.7 cm³/mol. The summed E-state index contributed by atoms with van der Waals surface area (Å²) < 4.78 is 4.83. The van der Waals surface area contributed by atoms with E-state index in [1.807, 2.05) is 6.07 Å². The number of aromatic nitrogens is 1. The van der Waals surface area contributed by atoms with Gasteiger partial charge in [0, 0.05) is 11.8 Å². The molecule has 5 nitrogen and oxygen atoms in total. The number of nitrogens with zero attached hydrogens (tertiary/aromatic N) is 1.